The van der Waals surface area contributed by atoms with Crippen molar-refractivity contribution in [3.63, 3.8) is 0 Å². The molecule has 0 aliphatic rings. The second kappa shape index (κ2) is 5.13. The monoisotopic (exact) mass is 246 g/mol. The normalized spacial score (nSPS) is 10.1. The first-order valence-corrected chi connectivity index (χ1v) is 5.23. The molecule has 0 saturated heterocycles. The number of rotatable bonds is 4. The molecule has 2 heterocycles. The molecule has 8 nitrogen and oxygen atoms in total. The standard InChI is InChI=1S/C10H10N6O2/c1-2-13-10-14-5-8(16(17)18)9(15-10)7-3-11-6-12-4-7/h3-6H,2H2,1H3,(H,13,14,15). The lowest BCUT2D eigenvalue weighted by Gasteiger charge is -2.04. The molecule has 0 bridgehead atoms. The minimum atomic E-state index is -0.530. The molecular formula is C10H10N6O2. The van der Waals surface area contributed by atoms with Crippen LogP contribution in [0.1, 0.15) is 6.92 Å². The van der Waals surface area contributed by atoms with E-state index in [0.29, 0.717) is 18.1 Å². The molecule has 0 saturated carbocycles. The molecule has 8 heteroatoms. The number of hydrogen-bond donors (Lipinski definition) is 1. The summed E-state index contributed by atoms with van der Waals surface area (Å²) in [5.74, 6) is 0.335. The molecule has 1 N–H and O–H groups in total. The van der Waals surface area contributed by atoms with Gasteiger partial charge in [0.25, 0.3) is 0 Å². The minimum absolute atomic E-state index is 0.175. The average Bonchev–Trinajstić information content (AvgIpc) is 2.40. The molecule has 2 aromatic rings. The van der Waals surface area contributed by atoms with Crippen LogP contribution in [0.3, 0.4) is 0 Å². The smallest absolute Gasteiger partial charge is 0.313 e. The van der Waals surface area contributed by atoms with Crippen LogP contribution in [0.4, 0.5) is 11.6 Å². The van der Waals surface area contributed by atoms with Crippen molar-refractivity contribution in [3.05, 3.63) is 35.0 Å². The van der Waals surface area contributed by atoms with E-state index in [1.165, 1.54) is 24.9 Å². The van der Waals surface area contributed by atoms with E-state index in [4.69, 9.17) is 0 Å². The summed E-state index contributed by atoms with van der Waals surface area (Å²) >= 11 is 0. The Hall–Kier alpha value is -2.64. The molecule has 18 heavy (non-hydrogen) atoms. The molecule has 0 spiro atoms. The highest BCUT2D eigenvalue weighted by atomic mass is 16.6. The highest BCUT2D eigenvalue weighted by Gasteiger charge is 2.19. The van der Waals surface area contributed by atoms with Crippen molar-refractivity contribution < 1.29 is 4.92 Å². The fourth-order valence-electron chi connectivity index (χ4n) is 1.39. The summed E-state index contributed by atoms with van der Waals surface area (Å²) in [5, 5.41) is 13.8. The summed E-state index contributed by atoms with van der Waals surface area (Å²) in [6, 6.07) is 0. The van der Waals surface area contributed by atoms with Gasteiger partial charge in [-0.2, -0.15) is 0 Å². The third kappa shape index (κ3) is 2.37. The Morgan fingerprint density at radius 1 is 1.33 bits per heavy atom. The Balaban J connectivity index is 2.54. The van der Waals surface area contributed by atoms with Gasteiger partial charge in [-0.25, -0.2) is 19.9 Å². The largest absolute Gasteiger partial charge is 0.354 e. The molecule has 0 unspecified atom stereocenters. The van der Waals surface area contributed by atoms with Gasteiger partial charge in [0, 0.05) is 24.5 Å². The predicted molar refractivity (Wildman–Crippen MR) is 63.9 cm³/mol. The zero-order valence-electron chi connectivity index (χ0n) is 9.57. The summed E-state index contributed by atoms with van der Waals surface area (Å²) in [4.78, 5) is 26.0. The predicted octanol–water partition coefficient (Wildman–Crippen LogP) is 1.27. The van der Waals surface area contributed by atoms with Gasteiger partial charge < -0.3 is 5.32 Å². The lowest BCUT2D eigenvalue weighted by atomic mass is 10.2. The van der Waals surface area contributed by atoms with Gasteiger partial charge >= 0.3 is 5.69 Å². The van der Waals surface area contributed by atoms with Gasteiger partial charge in [0.05, 0.1) is 4.92 Å². The Bertz CT molecular complexity index is 560. The van der Waals surface area contributed by atoms with Crippen molar-refractivity contribution in [3.8, 4) is 11.3 Å². The van der Waals surface area contributed by atoms with Gasteiger partial charge in [0.15, 0.2) is 5.69 Å². The maximum absolute atomic E-state index is 10.9. The highest BCUT2D eigenvalue weighted by molar-refractivity contribution is 5.68. The van der Waals surface area contributed by atoms with Crippen LogP contribution in [-0.2, 0) is 0 Å². The van der Waals surface area contributed by atoms with Crippen LogP contribution < -0.4 is 5.32 Å². The minimum Gasteiger partial charge on any atom is -0.354 e. The Labute approximate surface area is 102 Å². The molecule has 2 rings (SSSR count). The first kappa shape index (κ1) is 11.8. The number of nitro groups is 1. The first-order chi connectivity index (χ1) is 8.72. The summed E-state index contributed by atoms with van der Waals surface area (Å²) in [6.07, 6.45) is 5.46. The van der Waals surface area contributed by atoms with E-state index in [1.807, 2.05) is 6.92 Å². The Kier molecular flexibility index (Phi) is 3.37. The van der Waals surface area contributed by atoms with Crippen LogP contribution >= 0.6 is 0 Å². The second-order valence-electron chi connectivity index (χ2n) is 3.34. The number of anilines is 1. The fourth-order valence-corrected chi connectivity index (χ4v) is 1.39. The highest BCUT2D eigenvalue weighted by Crippen LogP contribution is 2.26. The fraction of sp³-hybridized carbons (Fsp3) is 0.200. The molecular weight excluding hydrogens is 236 g/mol. The third-order valence-electron chi connectivity index (χ3n) is 2.14. The Morgan fingerprint density at radius 3 is 2.67 bits per heavy atom. The quantitative estimate of drug-likeness (QED) is 0.639. The third-order valence-corrected chi connectivity index (χ3v) is 2.14. The van der Waals surface area contributed by atoms with Gasteiger partial charge in [-0.3, -0.25) is 10.1 Å². The molecule has 0 aromatic carbocycles. The molecule has 92 valence electrons. The zero-order chi connectivity index (χ0) is 13.0. The van der Waals surface area contributed by atoms with Gasteiger partial charge in [-0.1, -0.05) is 0 Å². The van der Waals surface area contributed by atoms with Crippen molar-refractivity contribution in [2.45, 2.75) is 6.92 Å². The van der Waals surface area contributed by atoms with E-state index in [1.54, 1.807) is 0 Å². The van der Waals surface area contributed by atoms with Crippen LogP contribution in [0.25, 0.3) is 11.3 Å². The van der Waals surface area contributed by atoms with Crippen LogP contribution in [0.5, 0.6) is 0 Å². The van der Waals surface area contributed by atoms with E-state index in [0.717, 1.165) is 0 Å². The molecule has 0 radical (unpaired) electrons. The summed E-state index contributed by atoms with van der Waals surface area (Å²) < 4.78 is 0. The van der Waals surface area contributed by atoms with E-state index in [9.17, 15) is 10.1 Å². The average molecular weight is 246 g/mol. The van der Waals surface area contributed by atoms with Gasteiger partial charge in [0.2, 0.25) is 5.95 Å². The number of nitrogens with zero attached hydrogens (tertiary/aromatic N) is 5. The van der Waals surface area contributed by atoms with Gasteiger partial charge in [0.1, 0.15) is 12.5 Å². The van der Waals surface area contributed by atoms with Crippen molar-refractivity contribution in [2.75, 3.05) is 11.9 Å². The summed E-state index contributed by atoms with van der Waals surface area (Å²) in [7, 11) is 0. The number of hydrogen-bond acceptors (Lipinski definition) is 7. The zero-order valence-corrected chi connectivity index (χ0v) is 9.57. The van der Waals surface area contributed by atoms with Crippen LogP contribution in [0, 0.1) is 10.1 Å². The molecule has 0 amide bonds. The van der Waals surface area contributed by atoms with Crippen LogP contribution in [0.2, 0.25) is 0 Å². The topological polar surface area (TPSA) is 107 Å². The van der Waals surface area contributed by atoms with Crippen molar-refractivity contribution >= 4 is 11.6 Å². The molecule has 0 atom stereocenters. The lowest BCUT2D eigenvalue weighted by Crippen LogP contribution is -2.05. The van der Waals surface area contributed by atoms with Crippen molar-refractivity contribution in [1.29, 1.82) is 0 Å². The first-order valence-electron chi connectivity index (χ1n) is 5.23. The van der Waals surface area contributed by atoms with E-state index in [2.05, 4.69) is 25.3 Å². The molecule has 0 aliphatic carbocycles. The summed E-state index contributed by atoms with van der Waals surface area (Å²) in [5.41, 5.74) is 0.503. The van der Waals surface area contributed by atoms with Crippen molar-refractivity contribution in [2.24, 2.45) is 0 Å². The molecule has 2 aromatic heterocycles. The van der Waals surface area contributed by atoms with E-state index in [-0.39, 0.29) is 11.4 Å². The maximum atomic E-state index is 10.9. The van der Waals surface area contributed by atoms with E-state index >= 15 is 0 Å². The summed E-state index contributed by atoms with van der Waals surface area (Å²) in [6.45, 7) is 2.51. The van der Waals surface area contributed by atoms with E-state index < -0.39 is 4.92 Å². The number of aromatic nitrogens is 4. The second-order valence-corrected chi connectivity index (χ2v) is 3.34. The molecule has 0 aliphatic heterocycles. The van der Waals surface area contributed by atoms with Gasteiger partial charge in [-0.15, -0.1) is 0 Å². The lowest BCUT2D eigenvalue weighted by molar-refractivity contribution is -0.384. The molecule has 0 fully saturated rings. The Morgan fingerprint density at radius 2 is 2.06 bits per heavy atom. The van der Waals surface area contributed by atoms with Crippen LogP contribution in [0.15, 0.2) is 24.9 Å². The SMILES string of the molecule is CCNc1ncc([N+](=O)[O-])c(-c2cncnc2)n1. The van der Waals surface area contributed by atoms with Crippen LogP contribution in [-0.4, -0.2) is 31.4 Å². The number of nitrogens with one attached hydrogen (secondary N) is 1. The maximum Gasteiger partial charge on any atom is 0.313 e. The van der Waals surface area contributed by atoms with Gasteiger partial charge in [-0.05, 0) is 6.92 Å². The van der Waals surface area contributed by atoms with Crippen molar-refractivity contribution in [1.82, 2.24) is 19.9 Å².